The molecule has 12 heavy (non-hydrogen) atoms. The summed E-state index contributed by atoms with van der Waals surface area (Å²) in [5, 5.41) is 0.710. The van der Waals surface area contributed by atoms with Crippen LogP contribution in [-0.2, 0) is 21.5 Å². The summed E-state index contributed by atoms with van der Waals surface area (Å²) >= 11 is 3.29. The zero-order valence-electron chi connectivity index (χ0n) is 6.37. The van der Waals surface area contributed by atoms with Crippen molar-refractivity contribution in [3.05, 3.63) is 29.6 Å². The highest BCUT2D eigenvalue weighted by Crippen LogP contribution is 2.04. The van der Waals surface area contributed by atoms with Gasteiger partial charge in [-0.25, -0.2) is 0 Å². The average molecular weight is 230 g/mol. The molecule has 1 rings (SSSR count). The first-order chi connectivity index (χ1) is 5.86. The van der Waals surface area contributed by atoms with Crippen LogP contribution < -0.4 is 0 Å². The van der Waals surface area contributed by atoms with E-state index in [0.717, 1.165) is 11.4 Å². The lowest BCUT2D eigenvalue weighted by molar-refractivity contribution is -0.129. The first kappa shape index (κ1) is 9.19. The fraction of sp³-hybridized carbons (Fsp3) is 0.250. The highest BCUT2D eigenvalue weighted by atomic mass is 79.9. The van der Waals surface area contributed by atoms with Crippen LogP contribution in [0.15, 0.2) is 18.2 Å². The Bertz CT molecular complexity index is 265. The van der Waals surface area contributed by atoms with Gasteiger partial charge in [0.25, 0.3) is 6.47 Å². The van der Waals surface area contributed by atoms with Gasteiger partial charge in [-0.05, 0) is 12.1 Å². The number of hydrogen-bond donors (Lipinski definition) is 0. The number of alkyl halides is 1. The number of aromatic nitrogens is 1. The average Bonchev–Trinajstić information content (AvgIpc) is 2.15. The number of rotatable bonds is 4. The summed E-state index contributed by atoms with van der Waals surface area (Å²) in [5.41, 5.74) is 1.70. The second kappa shape index (κ2) is 4.87. The van der Waals surface area contributed by atoms with E-state index in [-0.39, 0.29) is 6.61 Å². The van der Waals surface area contributed by atoms with E-state index >= 15 is 0 Å². The smallest absolute Gasteiger partial charge is 0.293 e. The van der Waals surface area contributed by atoms with E-state index in [9.17, 15) is 4.79 Å². The molecule has 0 aliphatic rings. The molecule has 0 aliphatic carbocycles. The summed E-state index contributed by atoms with van der Waals surface area (Å²) in [6.45, 7) is 0.660. The number of ether oxygens (including phenoxy) is 1. The number of nitrogens with zero attached hydrogens (tertiary/aromatic N) is 1. The molecule has 4 heteroatoms. The lowest BCUT2D eigenvalue weighted by Crippen LogP contribution is -1.95. The van der Waals surface area contributed by atoms with Crippen molar-refractivity contribution in [2.24, 2.45) is 0 Å². The van der Waals surface area contributed by atoms with Gasteiger partial charge in [0.05, 0.1) is 11.4 Å². The third kappa shape index (κ3) is 2.62. The molecule has 0 saturated carbocycles. The Labute approximate surface area is 78.9 Å². The number of pyridine rings is 1. The molecule has 0 saturated heterocycles. The van der Waals surface area contributed by atoms with Gasteiger partial charge < -0.3 is 4.74 Å². The molecular weight excluding hydrogens is 222 g/mol. The topological polar surface area (TPSA) is 39.2 Å². The van der Waals surface area contributed by atoms with Gasteiger partial charge in [-0.15, -0.1) is 0 Å². The zero-order chi connectivity index (χ0) is 8.81. The molecule has 64 valence electrons. The summed E-state index contributed by atoms with van der Waals surface area (Å²) in [6.07, 6.45) is 0. The quantitative estimate of drug-likeness (QED) is 0.583. The Morgan fingerprint density at radius 2 is 2.25 bits per heavy atom. The second-order valence-corrected chi connectivity index (χ2v) is 2.72. The van der Waals surface area contributed by atoms with Crippen molar-refractivity contribution in [1.82, 2.24) is 4.98 Å². The van der Waals surface area contributed by atoms with Crippen molar-refractivity contribution in [2.45, 2.75) is 11.9 Å². The molecule has 0 amide bonds. The Balaban J connectivity index is 2.65. The highest BCUT2D eigenvalue weighted by molar-refractivity contribution is 9.08. The molecular formula is C8H8BrNO2. The first-order valence-electron chi connectivity index (χ1n) is 3.43. The van der Waals surface area contributed by atoms with Crippen LogP contribution in [-0.4, -0.2) is 11.5 Å². The number of halogens is 1. The van der Waals surface area contributed by atoms with Crippen LogP contribution in [0.1, 0.15) is 11.4 Å². The van der Waals surface area contributed by atoms with E-state index in [4.69, 9.17) is 0 Å². The van der Waals surface area contributed by atoms with Crippen LogP contribution in [0.3, 0.4) is 0 Å². The maximum absolute atomic E-state index is 9.87. The summed E-state index contributed by atoms with van der Waals surface area (Å²) in [4.78, 5) is 14.1. The Hall–Kier alpha value is -0.900. The standard InChI is InChI=1S/C8H8BrNO2/c9-4-7-2-1-3-8(10-7)5-12-6-11/h1-3,6H,4-5H2. The normalized spacial score (nSPS) is 9.42. The molecule has 0 atom stereocenters. The monoisotopic (exact) mass is 229 g/mol. The van der Waals surface area contributed by atoms with Crippen LogP contribution >= 0.6 is 15.9 Å². The summed E-state index contributed by atoms with van der Waals surface area (Å²) < 4.78 is 4.56. The van der Waals surface area contributed by atoms with Crippen LogP contribution in [0, 0.1) is 0 Å². The largest absolute Gasteiger partial charge is 0.461 e. The molecule has 0 fully saturated rings. The SMILES string of the molecule is O=COCc1cccc(CBr)n1. The van der Waals surface area contributed by atoms with Gasteiger partial charge in [-0.3, -0.25) is 9.78 Å². The maximum atomic E-state index is 9.87. The number of hydrogen-bond acceptors (Lipinski definition) is 3. The van der Waals surface area contributed by atoms with E-state index in [2.05, 4.69) is 25.7 Å². The molecule has 3 nitrogen and oxygen atoms in total. The molecule has 1 aromatic heterocycles. The Morgan fingerprint density at radius 1 is 1.50 bits per heavy atom. The van der Waals surface area contributed by atoms with Crippen LogP contribution in [0.25, 0.3) is 0 Å². The van der Waals surface area contributed by atoms with Gasteiger partial charge >= 0.3 is 0 Å². The maximum Gasteiger partial charge on any atom is 0.293 e. The Kier molecular flexibility index (Phi) is 3.73. The van der Waals surface area contributed by atoms with Crippen molar-refractivity contribution in [3.63, 3.8) is 0 Å². The van der Waals surface area contributed by atoms with Gasteiger partial charge in [-0.2, -0.15) is 0 Å². The Morgan fingerprint density at radius 3 is 2.92 bits per heavy atom. The van der Waals surface area contributed by atoms with Crippen molar-refractivity contribution < 1.29 is 9.53 Å². The van der Waals surface area contributed by atoms with Gasteiger partial charge in [0.2, 0.25) is 0 Å². The third-order valence-electron chi connectivity index (χ3n) is 1.30. The predicted octanol–water partition coefficient (Wildman–Crippen LogP) is 1.65. The summed E-state index contributed by atoms with van der Waals surface area (Å²) in [7, 11) is 0. The van der Waals surface area contributed by atoms with E-state index in [0.29, 0.717) is 11.8 Å². The molecule has 0 bridgehead atoms. The van der Waals surface area contributed by atoms with Gasteiger partial charge in [0, 0.05) is 5.33 Å². The zero-order valence-corrected chi connectivity index (χ0v) is 7.95. The van der Waals surface area contributed by atoms with Crippen molar-refractivity contribution in [2.75, 3.05) is 0 Å². The minimum absolute atomic E-state index is 0.240. The van der Waals surface area contributed by atoms with Crippen molar-refractivity contribution in [3.8, 4) is 0 Å². The van der Waals surface area contributed by atoms with Crippen LogP contribution in [0.5, 0.6) is 0 Å². The second-order valence-electron chi connectivity index (χ2n) is 2.16. The fourth-order valence-corrected chi connectivity index (χ4v) is 1.12. The first-order valence-corrected chi connectivity index (χ1v) is 4.55. The number of carbonyl (C=O) groups is 1. The molecule has 0 aliphatic heterocycles. The molecule has 0 radical (unpaired) electrons. The van der Waals surface area contributed by atoms with E-state index < -0.39 is 0 Å². The molecule has 0 aromatic carbocycles. The summed E-state index contributed by atoms with van der Waals surface area (Å²) in [5.74, 6) is 0. The van der Waals surface area contributed by atoms with Crippen molar-refractivity contribution in [1.29, 1.82) is 0 Å². The molecule has 0 N–H and O–H groups in total. The minimum Gasteiger partial charge on any atom is -0.461 e. The lowest BCUT2D eigenvalue weighted by atomic mass is 10.3. The van der Waals surface area contributed by atoms with E-state index in [1.807, 2.05) is 18.2 Å². The van der Waals surface area contributed by atoms with Crippen LogP contribution in [0.2, 0.25) is 0 Å². The van der Waals surface area contributed by atoms with E-state index in [1.54, 1.807) is 0 Å². The van der Waals surface area contributed by atoms with Gasteiger partial charge in [0.15, 0.2) is 0 Å². The third-order valence-corrected chi connectivity index (χ3v) is 1.88. The lowest BCUT2D eigenvalue weighted by Gasteiger charge is -1.99. The minimum atomic E-state index is 0.240. The molecule has 1 heterocycles. The van der Waals surface area contributed by atoms with E-state index in [1.165, 1.54) is 0 Å². The van der Waals surface area contributed by atoms with Gasteiger partial charge in [-0.1, -0.05) is 22.0 Å². The number of carbonyl (C=O) groups excluding carboxylic acids is 1. The fourth-order valence-electron chi connectivity index (χ4n) is 0.803. The molecule has 1 aromatic rings. The molecule has 0 unspecified atom stereocenters. The highest BCUT2D eigenvalue weighted by Gasteiger charge is 1.95. The van der Waals surface area contributed by atoms with Gasteiger partial charge in [0.1, 0.15) is 6.61 Å². The predicted molar refractivity (Wildman–Crippen MR) is 47.7 cm³/mol. The van der Waals surface area contributed by atoms with Crippen molar-refractivity contribution >= 4 is 22.4 Å². The van der Waals surface area contributed by atoms with Crippen LogP contribution in [0.4, 0.5) is 0 Å². The summed E-state index contributed by atoms with van der Waals surface area (Å²) in [6, 6.07) is 5.60. The molecule has 0 spiro atoms.